The maximum Gasteiger partial charge on any atom is 0.246 e. The zero-order valence-corrected chi connectivity index (χ0v) is 53.9. The summed E-state index contributed by atoms with van der Waals surface area (Å²) in [4.78, 5) is 166. The van der Waals surface area contributed by atoms with Crippen LogP contribution in [0.5, 0.6) is 0 Å². The van der Waals surface area contributed by atoms with E-state index in [0.29, 0.717) is 6.42 Å². The molecule has 1 aliphatic heterocycles. The maximum absolute atomic E-state index is 15.1. The number of carbonyl (C=O) groups is 11. The Kier molecular flexibility index (Phi) is 30.6. The predicted molar refractivity (Wildman–Crippen MR) is 316 cm³/mol. The predicted octanol–water partition coefficient (Wildman–Crippen LogP) is 1.22. The van der Waals surface area contributed by atoms with E-state index in [1.807, 2.05) is 41.5 Å². The van der Waals surface area contributed by atoms with Gasteiger partial charge in [0.25, 0.3) is 0 Å². The minimum Gasteiger partial charge on any atom is -0.394 e. The first kappa shape index (κ1) is 74.8. The first-order valence-corrected chi connectivity index (χ1v) is 29.3. The van der Waals surface area contributed by atoms with Gasteiger partial charge in [-0.05, 0) is 88.4 Å². The molecule has 0 spiro atoms. The van der Waals surface area contributed by atoms with Gasteiger partial charge in [0.1, 0.15) is 60.4 Å². The Balaban J connectivity index is 4.26. The van der Waals surface area contributed by atoms with Gasteiger partial charge in [-0.3, -0.25) is 52.7 Å². The second-order valence-corrected chi connectivity index (χ2v) is 24.6. The molecule has 0 aromatic rings. The third-order valence-corrected chi connectivity index (χ3v) is 15.6. The highest BCUT2D eigenvalue weighted by molar-refractivity contribution is 5.99. The molecule has 0 bridgehead atoms. The Morgan fingerprint density at radius 2 is 0.940 bits per heavy atom. The maximum atomic E-state index is 15.1. The molecule has 0 saturated carbocycles. The molecule has 0 radical (unpaired) electrons. The number of likely N-dealkylation sites (N-methyl/N-ethyl adjacent to an activating group) is 7. The summed E-state index contributed by atoms with van der Waals surface area (Å²) in [5.74, 6) is -10.5. The third kappa shape index (κ3) is 20.5. The highest BCUT2D eigenvalue weighted by Crippen LogP contribution is 2.25. The SMILES string of the molecule is C/C=C/C[C@@H](C)[C@@H](O)[C@H]1C(=O)N[C@@H](CC)C(=O)N(C)CC(=O)N(C)[C@@H](CO)C(=O)N[C@@H](C(C)C)C(=O)N(C)[C@@H](CC(C)C)C(=O)N[C@@H](C)C(=O)N[C@@H](C)C(=O)N(C)[C@@H](CC(C)C)C(=O)N(C)[C@@H](CC(C)C)C(=O)N(C)[C@@H](C(C)C)C(=O)N1C. The number of hydrogen-bond donors (Lipinski definition) is 6. The topological polar surface area (TPSA) is 299 Å². The highest BCUT2D eigenvalue weighted by atomic mass is 16.3. The average molecular weight is 1180 g/mol. The Labute approximate surface area is 494 Å². The number of amides is 11. The summed E-state index contributed by atoms with van der Waals surface area (Å²) >= 11 is 0. The molecule has 0 aliphatic carbocycles. The van der Waals surface area contributed by atoms with E-state index in [1.54, 1.807) is 60.6 Å². The van der Waals surface area contributed by atoms with Crippen LogP contribution in [-0.2, 0) is 52.7 Å². The monoisotopic (exact) mass is 1180 g/mol. The quantitative estimate of drug-likeness (QED) is 0.134. The normalized spacial score (nSPS) is 27.2. The van der Waals surface area contributed by atoms with E-state index < -0.39 is 162 Å². The van der Waals surface area contributed by atoms with E-state index in [4.69, 9.17) is 0 Å². The summed E-state index contributed by atoms with van der Waals surface area (Å²) in [6.45, 7) is 24.2. The van der Waals surface area contributed by atoms with Gasteiger partial charge in [-0.25, -0.2) is 0 Å². The van der Waals surface area contributed by atoms with Crippen LogP contribution in [0.3, 0.4) is 0 Å². The summed E-state index contributed by atoms with van der Waals surface area (Å²) in [5.41, 5.74) is 0. The minimum atomic E-state index is -1.63. The molecule has 6 N–H and O–H groups in total. The Bertz CT molecular complexity index is 2280. The van der Waals surface area contributed by atoms with E-state index in [9.17, 15) is 53.4 Å². The fourth-order valence-electron chi connectivity index (χ4n) is 10.2. The molecule has 24 heteroatoms. The van der Waals surface area contributed by atoms with Crippen LogP contribution in [0.25, 0.3) is 0 Å². The minimum absolute atomic E-state index is 0.0155. The number of rotatable bonds is 14. The first-order valence-electron chi connectivity index (χ1n) is 29.3. The van der Waals surface area contributed by atoms with Crippen molar-refractivity contribution in [3.63, 3.8) is 0 Å². The fourth-order valence-corrected chi connectivity index (χ4v) is 10.2. The number of hydrogen-bond acceptors (Lipinski definition) is 13. The van der Waals surface area contributed by atoms with Crippen molar-refractivity contribution in [2.45, 2.75) is 202 Å². The summed E-state index contributed by atoms with van der Waals surface area (Å²) in [5, 5.41) is 33.2. The molecule has 0 aromatic heterocycles. The Hall–Kier alpha value is -6.17. The molecule has 1 fully saturated rings. The number of nitrogens with zero attached hydrogens (tertiary/aromatic N) is 7. The van der Waals surface area contributed by atoms with Crippen LogP contribution in [0.15, 0.2) is 12.2 Å². The smallest absolute Gasteiger partial charge is 0.246 e. The molecule has 0 unspecified atom stereocenters. The fraction of sp³-hybridized carbons (Fsp3) is 0.780. The molecule has 1 saturated heterocycles. The molecular weight excluding hydrogens is 1070 g/mol. The van der Waals surface area contributed by atoms with Gasteiger partial charge in [-0.1, -0.05) is 95.2 Å². The Morgan fingerprint density at radius 1 is 0.494 bits per heavy atom. The number of carbonyl (C=O) groups excluding carboxylic acids is 11. The molecule has 0 aromatic carbocycles. The van der Waals surface area contributed by atoms with Crippen molar-refractivity contribution in [3.05, 3.63) is 12.2 Å². The van der Waals surface area contributed by atoms with Crippen molar-refractivity contribution < 1.29 is 63.0 Å². The van der Waals surface area contributed by atoms with Crippen LogP contribution in [0.2, 0.25) is 0 Å². The average Bonchev–Trinajstić information content (AvgIpc) is 3.59. The van der Waals surface area contributed by atoms with E-state index in [2.05, 4.69) is 21.3 Å². The molecule has 83 heavy (non-hydrogen) atoms. The molecule has 1 rings (SSSR count). The standard InChI is InChI=1S/C59H105N11O13/c1-23-25-26-37(13)49(73)48-53(77)62-40(24-2)55(79)64(16)30-45(72)65(17)44(31-71)52(76)63-46(35(9)10)58(82)66(18)41(27-32(3)4)51(75)60-38(14)50(74)61-39(15)54(78)67(19)42(28-33(5)6)56(80)68(20)43(29-34(7)8)57(81)69(21)47(36(11)12)59(83)70(48)22/h23,25,32-44,46-49,71,73H,24,26-31H2,1-22H3,(H,60,75)(H,61,74)(H,62,77)(H,63,76)/b25-23+/t37-,38+,39+,40+,41+,42+,43+,44+,46+,47+,48+,49-/m1/s1. The van der Waals surface area contributed by atoms with Gasteiger partial charge >= 0.3 is 0 Å². The van der Waals surface area contributed by atoms with Gasteiger partial charge in [-0.15, -0.1) is 0 Å². The van der Waals surface area contributed by atoms with Crippen LogP contribution in [0.1, 0.15) is 136 Å². The molecule has 12 atom stereocenters. The second kappa shape index (κ2) is 34.0. The lowest BCUT2D eigenvalue weighted by atomic mass is 9.91. The van der Waals surface area contributed by atoms with Gasteiger partial charge in [0.15, 0.2) is 0 Å². The number of aliphatic hydroxyl groups excluding tert-OH is 2. The van der Waals surface area contributed by atoms with Crippen molar-refractivity contribution >= 4 is 65.0 Å². The molecule has 11 amide bonds. The van der Waals surface area contributed by atoms with E-state index >= 15 is 9.59 Å². The lowest BCUT2D eigenvalue weighted by Gasteiger charge is -2.41. The first-order chi connectivity index (χ1) is 38.4. The highest BCUT2D eigenvalue weighted by Gasteiger charge is 2.45. The molecule has 1 aliphatic rings. The zero-order valence-electron chi connectivity index (χ0n) is 53.9. The summed E-state index contributed by atoms with van der Waals surface area (Å²) in [6, 6.07) is -13.1. The van der Waals surface area contributed by atoms with E-state index in [1.165, 1.54) is 77.9 Å². The summed E-state index contributed by atoms with van der Waals surface area (Å²) in [6.07, 6.45) is 2.72. The number of nitrogens with one attached hydrogen (secondary N) is 4. The third-order valence-electron chi connectivity index (χ3n) is 15.6. The van der Waals surface area contributed by atoms with Crippen molar-refractivity contribution in [2.24, 2.45) is 35.5 Å². The number of allylic oxidation sites excluding steroid dienone is 2. The Morgan fingerprint density at radius 3 is 1.40 bits per heavy atom. The summed E-state index contributed by atoms with van der Waals surface area (Å²) in [7, 11) is 9.53. The summed E-state index contributed by atoms with van der Waals surface area (Å²) < 4.78 is 0. The number of aliphatic hydroxyl groups is 2. The van der Waals surface area contributed by atoms with Crippen LogP contribution in [0.4, 0.5) is 0 Å². The lowest BCUT2D eigenvalue weighted by Crippen LogP contribution is -2.63. The van der Waals surface area contributed by atoms with Gasteiger partial charge in [0, 0.05) is 49.3 Å². The van der Waals surface area contributed by atoms with Crippen LogP contribution in [0, 0.1) is 35.5 Å². The lowest BCUT2D eigenvalue weighted by molar-refractivity contribution is -0.157. The van der Waals surface area contributed by atoms with Crippen molar-refractivity contribution in [1.82, 2.24) is 55.6 Å². The van der Waals surface area contributed by atoms with E-state index in [-0.39, 0.29) is 43.4 Å². The van der Waals surface area contributed by atoms with Crippen molar-refractivity contribution in [3.8, 4) is 0 Å². The molecule has 1 heterocycles. The molecule has 24 nitrogen and oxygen atoms in total. The largest absolute Gasteiger partial charge is 0.394 e. The van der Waals surface area contributed by atoms with Gasteiger partial charge < -0.3 is 65.8 Å². The zero-order chi connectivity index (χ0) is 64.4. The molecular formula is C59H105N11O13. The van der Waals surface area contributed by atoms with Gasteiger partial charge in [0.05, 0.1) is 19.3 Å². The van der Waals surface area contributed by atoms with Crippen LogP contribution in [-0.4, -0.2) is 238 Å². The molecule has 474 valence electrons. The van der Waals surface area contributed by atoms with Gasteiger partial charge in [-0.2, -0.15) is 0 Å². The van der Waals surface area contributed by atoms with Gasteiger partial charge in [0.2, 0.25) is 65.0 Å². The van der Waals surface area contributed by atoms with Crippen LogP contribution >= 0.6 is 0 Å². The van der Waals surface area contributed by atoms with Crippen molar-refractivity contribution in [1.29, 1.82) is 0 Å². The second-order valence-electron chi connectivity index (χ2n) is 24.6. The van der Waals surface area contributed by atoms with E-state index in [0.717, 1.165) is 19.6 Å². The van der Waals surface area contributed by atoms with Crippen molar-refractivity contribution in [2.75, 3.05) is 62.5 Å². The van der Waals surface area contributed by atoms with Crippen LogP contribution < -0.4 is 21.3 Å².